The molecular weight excluding hydrogens is 519 g/mol. The summed E-state index contributed by atoms with van der Waals surface area (Å²) >= 11 is 6.59. The van der Waals surface area contributed by atoms with Gasteiger partial charge >= 0.3 is 12.3 Å². The molecule has 0 aliphatic carbocycles. The largest absolute Gasteiger partial charge is 0.444 e. The van der Waals surface area contributed by atoms with Crippen molar-refractivity contribution in [3.05, 3.63) is 58.6 Å². The topological polar surface area (TPSA) is 61.9 Å². The zero-order valence-corrected chi connectivity index (χ0v) is 23.0. The molecule has 6 nitrogen and oxygen atoms in total. The SMILES string of the molecule is CCCN(Cc1cccc(C(F)(F)F)c1)c1ccc(NC(=O)[C@H]2CCCCN2C(=O)OC(C)(C)C)cc1Cl. The molecule has 1 fully saturated rings. The molecule has 0 aromatic heterocycles. The average molecular weight is 554 g/mol. The third kappa shape index (κ3) is 8.03. The number of alkyl halides is 3. The number of halogens is 4. The Balaban J connectivity index is 1.75. The highest BCUT2D eigenvalue weighted by Gasteiger charge is 2.35. The molecule has 1 atom stereocenters. The van der Waals surface area contributed by atoms with Gasteiger partial charge in [0.15, 0.2) is 0 Å². The first-order valence-electron chi connectivity index (χ1n) is 12.8. The van der Waals surface area contributed by atoms with Crippen molar-refractivity contribution in [2.75, 3.05) is 23.3 Å². The van der Waals surface area contributed by atoms with Crippen molar-refractivity contribution in [1.29, 1.82) is 0 Å². The predicted octanol–water partition coefficient (Wildman–Crippen LogP) is 7.50. The molecule has 38 heavy (non-hydrogen) atoms. The number of rotatable bonds is 7. The number of likely N-dealkylation sites (tertiary alicyclic amines) is 1. The number of nitrogens with one attached hydrogen (secondary N) is 1. The van der Waals surface area contributed by atoms with E-state index in [9.17, 15) is 22.8 Å². The van der Waals surface area contributed by atoms with Gasteiger partial charge in [-0.05, 0) is 82.3 Å². The standard InChI is InChI=1S/C28H35ClF3N3O3/c1-5-14-34(18-19-9-8-10-20(16-19)28(30,31)32)23-13-12-21(17-22(23)29)33-25(36)24-11-6-7-15-35(24)26(37)38-27(2,3)4/h8-10,12-13,16-17,24H,5-7,11,14-15,18H2,1-4H3,(H,33,36)/t24-/m1/s1. The van der Waals surface area contributed by atoms with Gasteiger partial charge in [-0.2, -0.15) is 13.2 Å². The quantitative estimate of drug-likeness (QED) is 0.385. The van der Waals surface area contributed by atoms with Gasteiger partial charge in [-0.25, -0.2) is 4.79 Å². The molecule has 1 aliphatic heterocycles. The first kappa shape index (κ1) is 29.6. The second-order valence-corrected chi connectivity index (χ2v) is 10.9. The van der Waals surface area contributed by atoms with Gasteiger partial charge in [-0.3, -0.25) is 9.69 Å². The number of carbonyl (C=O) groups is 2. The number of piperidine rings is 1. The van der Waals surface area contributed by atoms with Crippen molar-refractivity contribution in [2.45, 2.75) is 77.7 Å². The average Bonchev–Trinajstić information content (AvgIpc) is 2.82. The number of amides is 2. The van der Waals surface area contributed by atoms with Gasteiger partial charge < -0.3 is 15.0 Å². The second kappa shape index (κ2) is 12.3. The highest BCUT2D eigenvalue weighted by atomic mass is 35.5. The lowest BCUT2D eigenvalue weighted by molar-refractivity contribution is -0.137. The van der Waals surface area contributed by atoms with Gasteiger partial charge in [-0.1, -0.05) is 30.7 Å². The fourth-order valence-corrected chi connectivity index (χ4v) is 4.73. The van der Waals surface area contributed by atoms with E-state index in [4.69, 9.17) is 16.3 Å². The van der Waals surface area contributed by atoms with Crippen LogP contribution in [-0.2, 0) is 22.3 Å². The Morgan fingerprint density at radius 3 is 2.50 bits per heavy atom. The van der Waals surface area contributed by atoms with Crippen molar-refractivity contribution < 1.29 is 27.5 Å². The fraction of sp³-hybridized carbons (Fsp3) is 0.500. The number of benzene rings is 2. The van der Waals surface area contributed by atoms with Gasteiger partial charge in [0.1, 0.15) is 11.6 Å². The number of hydrogen-bond donors (Lipinski definition) is 1. The van der Waals surface area contributed by atoms with Crippen LogP contribution in [0.3, 0.4) is 0 Å². The molecule has 10 heteroatoms. The molecular formula is C28H35ClF3N3O3. The highest BCUT2D eigenvalue weighted by Crippen LogP contribution is 2.33. The van der Waals surface area contributed by atoms with Gasteiger partial charge in [0, 0.05) is 25.3 Å². The van der Waals surface area contributed by atoms with Crippen molar-refractivity contribution >= 4 is 35.0 Å². The molecule has 0 saturated carbocycles. The van der Waals surface area contributed by atoms with E-state index in [1.165, 1.54) is 11.0 Å². The smallest absolute Gasteiger partial charge is 0.416 e. The van der Waals surface area contributed by atoms with Crippen LogP contribution in [0.1, 0.15) is 64.5 Å². The summed E-state index contributed by atoms with van der Waals surface area (Å²) in [4.78, 5) is 29.2. The zero-order chi connectivity index (χ0) is 28.1. The van der Waals surface area contributed by atoms with Crippen LogP contribution in [0.15, 0.2) is 42.5 Å². The maximum atomic E-state index is 13.2. The second-order valence-electron chi connectivity index (χ2n) is 10.5. The third-order valence-corrected chi connectivity index (χ3v) is 6.41. The van der Waals surface area contributed by atoms with Crippen LogP contribution >= 0.6 is 11.6 Å². The number of hydrogen-bond acceptors (Lipinski definition) is 4. The molecule has 1 saturated heterocycles. The lowest BCUT2D eigenvalue weighted by Crippen LogP contribution is -2.51. The Hall–Kier alpha value is -2.94. The molecule has 1 aliphatic rings. The van der Waals surface area contributed by atoms with Crippen LogP contribution in [-0.4, -0.2) is 41.6 Å². The molecule has 208 valence electrons. The van der Waals surface area contributed by atoms with Crippen molar-refractivity contribution in [2.24, 2.45) is 0 Å². The monoisotopic (exact) mass is 553 g/mol. The van der Waals surface area contributed by atoms with Gasteiger partial charge in [0.2, 0.25) is 5.91 Å². The summed E-state index contributed by atoms with van der Waals surface area (Å²) in [7, 11) is 0. The van der Waals surface area contributed by atoms with Gasteiger partial charge in [0.05, 0.1) is 16.3 Å². The maximum absolute atomic E-state index is 13.2. The first-order valence-corrected chi connectivity index (χ1v) is 13.2. The molecule has 0 unspecified atom stereocenters. The van der Waals surface area contributed by atoms with Crippen molar-refractivity contribution in [3.8, 4) is 0 Å². The fourth-order valence-electron chi connectivity index (χ4n) is 4.43. The van der Waals surface area contributed by atoms with Crippen molar-refractivity contribution in [3.63, 3.8) is 0 Å². The zero-order valence-electron chi connectivity index (χ0n) is 22.2. The Labute approximate surface area is 227 Å². The summed E-state index contributed by atoms with van der Waals surface area (Å²) in [6.45, 7) is 8.58. The molecule has 3 rings (SSSR count). The number of nitrogens with zero attached hydrogens (tertiary/aromatic N) is 2. The Morgan fingerprint density at radius 1 is 1.13 bits per heavy atom. The predicted molar refractivity (Wildman–Crippen MR) is 143 cm³/mol. The minimum atomic E-state index is -4.42. The number of anilines is 2. The Bertz CT molecular complexity index is 1130. The van der Waals surface area contributed by atoms with Crippen LogP contribution in [0.2, 0.25) is 5.02 Å². The van der Waals surface area contributed by atoms with Gasteiger partial charge in [-0.15, -0.1) is 0 Å². The van der Waals surface area contributed by atoms with E-state index in [0.717, 1.165) is 31.4 Å². The highest BCUT2D eigenvalue weighted by molar-refractivity contribution is 6.33. The van der Waals surface area contributed by atoms with Crippen LogP contribution < -0.4 is 10.2 Å². The lowest BCUT2D eigenvalue weighted by Gasteiger charge is -2.35. The van der Waals surface area contributed by atoms with Crippen LogP contribution in [0.25, 0.3) is 0 Å². The summed E-state index contributed by atoms with van der Waals surface area (Å²) in [5.41, 5.74) is 0.267. The lowest BCUT2D eigenvalue weighted by atomic mass is 10.0. The molecule has 2 amide bonds. The number of ether oxygens (including phenoxy) is 1. The molecule has 1 heterocycles. The minimum Gasteiger partial charge on any atom is -0.444 e. The van der Waals surface area contributed by atoms with Crippen LogP contribution in [0.4, 0.5) is 29.3 Å². The van der Waals surface area contributed by atoms with Gasteiger partial charge in [0.25, 0.3) is 0 Å². The summed E-state index contributed by atoms with van der Waals surface area (Å²) in [5.74, 6) is -0.325. The van der Waals surface area contributed by atoms with E-state index in [0.29, 0.717) is 41.5 Å². The molecule has 0 bridgehead atoms. The van der Waals surface area contributed by atoms with E-state index in [2.05, 4.69) is 5.32 Å². The summed E-state index contributed by atoms with van der Waals surface area (Å²) in [5, 5.41) is 3.21. The van der Waals surface area contributed by atoms with Crippen molar-refractivity contribution in [1.82, 2.24) is 4.90 Å². The summed E-state index contributed by atoms with van der Waals surface area (Å²) in [6.07, 6.45) is -2.04. The Kier molecular flexibility index (Phi) is 9.57. The van der Waals surface area contributed by atoms with Crippen LogP contribution in [0.5, 0.6) is 0 Å². The maximum Gasteiger partial charge on any atom is 0.416 e. The first-order chi connectivity index (χ1) is 17.8. The molecule has 1 N–H and O–H groups in total. The van der Waals surface area contributed by atoms with Crippen LogP contribution in [0, 0.1) is 0 Å². The number of carbonyl (C=O) groups excluding carboxylic acids is 2. The van der Waals surface area contributed by atoms with E-state index < -0.39 is 29.5 Å². The summed E-state index contributed by atoms with van der Waals surface area (Å²) < 4.78 is 45.0. The third-order valence-electron chi connectivity index (χ3n) is 6.11. The van der Waals surface area contributed by atoms with E-state index in [1.54, 1.807) is 45.0 Å². The Morgan fingerprint density at radius 2 is 1.87 bits per heavy atom. The van der Waals surface area contributed by atoms with E-state index >= 15 is 0 Å². The molecule has 0 radical (unpaired) electrons. The molecule has 0 spiro atoms. The minimum absolute atomic E-state index is 0.246. The molecule has 2 aromatic carbocycles. The molecule has 2 aromatic rings. The normalized spacial score (nSPS) is 16.2. The summed E-state index contributed by atoms with van der Waals surface area (Å²) in [6, 6.07) is 9.65. The van der Waals surface area contributed by atoms with E-state index in [1.807, 2.05) is 11.8 Å². The van der Waals surface area contributed by atoms with E-state index in [-0.39, 0.29) is 12.5 Å².